The van der Waals surface area contributed by atoms with E-state index in [9.17, 15) is 0 Å². The Morgan fingerprint density at radius 2 is 1.38 bits per heavy atom. The second-order valence-electron chi connectivity index (χ2n) is 8.70. The SMILES string of the molecule is Cc1cccc2c(C(CC(C)(C)C)C(C)(C)C)cccc12. The minimum Gasteiger partial charge on any atom is -0.0614 e. The van der Waals surface area contributed by atoms with Gasteiger partial charge < -0.3 is 0 Å². The number of aryl methyl sites for hydroxylation is 1. The van der Waals surface area contributed by atoms with Gasteiger partial charge in [0.1, 0.15) is 0 Å². The highest BCUT2D eigenvalue weighted by Gasteiger charge is 2.31. The average molecular weight is 282 g/mol. The Kier molecular flexibility index (Phi) is 4.19. The summed E-state index contributed by atoms with van der Waals surface area (Å²) < 4.78 is 0. The zero-order chi connectivity index (χ0) is 15.8. The summed E-state index contributed by atoms with van der Waals surface area (Å²) in [6.07, 6.45) is 1.21. The van der Waals surface area contributed by atoms with Crippen LogP contribution in [-0.2, 0) is 0 Å². The quantitative estimate of drug-likeness (QED) is 0.574. The molecular weight excluding hydrogens is 252 g/mol. The van der Waals surface area contributed by atoms with Crippen molar-refractivity contribution in [3.63, 3.8) is 0 Å². The predicted octanol–water partition coefficient (Wildman–Crippen LogP) is 6.71. The number of hydrogen-bond donors (Lipinski definition) is 0. The minimum atomic E-state index is 0.269. The molecule has 0 aliphatic rings. The second kappa shape index (κ2) is 5.48. The number of rotatable bonds is 2. The first-order valence-corrected chi connectivity index (χ1v) is 8.08. The summed E-state index contributed by atoms with van der Waals surface area (Å²) in [6, 6.07) is 13.5. The summed E-state index contributed by atoms with van der Waals surface area (Å²) >= 11 is 0. The van der Waals surface area contributed by atoms with Crippen molar-refractivity contribution >= 4 is 10.8 Å². The lowest BCUT2D eigenvalue weighted by Gasteiger charge is -2.36. The maximum Gasteiger partial charge on any atom is -0.0102 e. The van der Waals surface area contributed by atoms with Crippen molar-refractivity contribution in [2.75, 3.05) is 0 Å². The lowest BCUT2D eigenvalue weighted by atomic mass is 9.68. The van der Waals surface area contributed by atoms with E-state index in [1.807, 2.05) is 0 Å². The highest BCUT2D eigenvalue weighted by Crippen LogP contribution is 2.45. The summed E-state index contributed by atoms with van der Waals surface area (Å²) in [5.74, 6) is 0.572. The molecule has 0 bridgehead atoms. The van der Waals surface area contributed by atoms with Crippen molar-refractivity contribution < 1.29 is 0 Å². The number of hydrogen-bond acceptors (Lipinski definition) is 0. The fourth-order valence-electron chi connectivity index (χ4n) is 3.29. The van der Waals surface area contributed by atoms with Gasteiger partial charge in [-0.2, -0.15) is 0 Å². The molecule has 0 aromatic heterocycles. The Morgan fingerprint density at radius 3 is 1.95 bits per heavy atom. The van der Waals surface area contributed by atoms with E-state index in [1.54, 1.807) is 0 Å². The maximum atomic E-state index is 2.37. The van der Waals surface area contributed by atoms with Gasteiger partial charge in [0.2, 0.25) is 0 Å². The zero-order valence-corrected chi connectivity index (χ0v) is 14.7. The van der Waals surface area contributed by atoms with E-state index in [0.717, 1.165) is 0 Å². The predicted molar refractivity (Wildman–Crippen MR) is 95.0 cm³/mol. The third-order valence-electron chi connectivity index (χ3n) is 4.41. The van der Waals surface area contributed by atoms with Gasteiger partial charge in [0.25, 0.3) is 0 Å². The van der Waals surface area contributed by atoms with Crippen molar-refractivity contribution in [2.45, 2.75) is 60.8 Å². The molecule has 0 aliphatic carbocycles. The van der Waals surface area contributed by atoms with Crippen LogP contribution in [0.3, 0.4) is 0 Å². The smallest absolute Gasteiger partial charge is 0.0102 e. The van der Waals surface area contributed by atoms with E-state index < -0.39 is 0 Å². The summed E-state index contributed by atoms with van der Waals surface area (Å²) in [4.78, 5) is 0. The topological polar surface area (TPSA) is 0 Å². The first-order valence-electron chi connectivity index (χ1n) is 8.08. The van der Waals surface area contributed by atoms with Crippen LogP contribution in [-0.4, -0.2) is 0 Å². The number of fused-ring (bicyclic) bond motifs is 1. The first-order chi connectivity index (χ1) is 9.59. The summed E-state index contributed by atoms with van der Waals surface area (Å²) in [5.41, 5.74) is 3.49. The van der Waals surface area contributed by atoms with Gasteiger partial charge in [-0.3, -0.25) is 0 Å². The molecule has 2 aromatic carbocycles. The Bertz CT molecular complexity index is 621. The standard InChI is InChI=1S/C21H30/c1-15-10-8-12-17-16(15)11-9-13-18(17)19(21(5,6)7)14-20(2,3)4/h8-13,19H,14H2,1-7H3. The Morgan fingerprint density at radius 1 is 0.810 bits per heavy atom. The molecule has 114 valence electrons. The van der Waals surface area contributed by atoms with Crippen LogP contribution in [0.15, 0.2) is 36.4 Å². The highest BCUT2D eigenvalue weighted by atomic mass is 14.4. The summed E-state index contributed by atoms with van der Waals surface area (Å²) in [6.45, 7) is 16.4. The van der Waals surface area contributed by atoms with Gasteiger partial charge in [0.15, 0.2) is 0 Å². The number of benzene rings is 2. The Hall–Kier alpha value is -1.30. The third kappa shape index (κ3) is 3.67. The monoisotopic (exact) mass is 282 g/mol. The van der Waals surface area contributed by atoms with Crippen LogP contribution in [0.4, 0.5) is 0 Å². The van der Waals surface area contributed by atoms with Gasteiger partial charge in [0, 0.05) is 0 Å². The summed E-state index contributed by atoms with van der Waals surface area (Å²) in [5, 5.41) is 2.83. The van der Waals surface area contributed by atoms with Crippen LogP contribution in [0.2, 0.25) is 0 Å². The molecule has 0 aliphatic heterocycles. The molecule has 0 saturated carbocycles. The fourth-order valence-corrected chi connectivity index (χ4v) is 3.29. The van der Waals surface area contributed by atoms with Gasteiger partial charge in [-0.25, -0.2) is 0 Å². The molecule has 0 heteroatoms. The van der Waals surface area contributed by atoms with Crippen molar-refractivity contribution in [1.82, 2.24) is 0 Å². The van der Waals surface area contributed by atoms with Crippen LogP contribution in [0.5, 0.6) is 0 Å². The van der Waals surface area contributed by atoms with Crippen molar-refractivity contribution in [2.24, 2.45) is 10.8 Å². The second-order valence-corrected chi connectivity index (χ2v) is 8.70. The van der Waals surface area contributed by atoms with E-state index in [2.05, 4.69) is 84.9 Å². The van der Waals surface area contributed by atoms with E-state index in [4.69, 9.17) is 0 Å². The summed E-state index contributed by atoms with van der Waals surface area (Å²) in [7, 11) is 0. The fraction of sp³-hybridized carbons (Fsp3) is 0.524. The van der Waals surface area contributed by atoms with Crippen LogP contribution in [0.1, 0.15) is 65.0 Å². The van der Waals surface area contributed by atoms with Crippen LogP contribution in [0, 0.1) is 17.8 Å². The normalized spacial score (nSPS) is 14.4. The molecule has 1 atom stereocenters. The molecular formula is C21H30. The van der Waals surface area contributed by atoms with Gasteiger partial charge >= 0.3 is 0 Å². The van der Waals surface area contributed by atoms with Gasteiger partial charge in [0.05, 0.1) is 0 Å². The molecule has 0 N–H and O–H groups in total. The molecule has 2 rings (SSSR count). The van der Waals surface area contributed by atoms with E-state index >= 15 is 0 Å². The zero-order valence-electron chi connectivity index (χ0n) is 14.7. The molecule has 2 aromatic rings. The van der Waals surface area contributed by atoms with E-state index in [0.29, 0.717) is 11.3 Å². The molecule has 0 spiro atoms. The molecule has 0 nitrogen and oxygen atoms in total. The largest absolute Gasteiger partial charge is 0.0614 e. The van der Waals surface area contributed by atoms with Gasteiger partial charge in [-0.1, -0.05) is 77.9 Å². The molecule has 0 heterocycles. The minimum absolute atomic E-state index is 0.269. The maximum absolute atomic E-state index is 2.37. The van der Waals surface area contributed by atoms with Crippen molar-refractivity contribution in [1.29, 1.82) is 0 Å². The highest BCUT2D eigenvalue weighted by molar-refractivity contribution is 5.89. The third-order valence-corrected chi connectivity index (χ3v) is 4.41. The van der Waals surface area contributed by atoms with Gasteiger partial charge in [-0.15, -0.1) is 0 Å². The molecule has 0 amide bonds. The van der Waals surface area contributed by atoms with E-state index in [1.165, 1.54) is 28.3 Å². The Labute approximate surface area is 130 Å². The van der Waals surface area contributed by atoms with Crippen molar-refractivity contribution in [3.05, 3.63) is 47.5 Å². The van der Waals surface area contributed by atoms with Crippen molar-refractivity contribution in [3.8, 4) is 0 Å². The Balaban J connectivity index is 2.63. The average Bonchev–Trinajstić information content (AvgIpc) is 2.34. The first kappa shape index (κ1) is 16.1. The molecule has 1 unspecified atom stereocenters. The van der Waals surface area contributed by atoms with Crippen LogP contribution < -0.4 is 0 Å². The molecule has 0 saturated heterocycles. The lowest BCUT2D eigenvalue weighted by molar-refractivity contribution is 0.230. The lowest BCUT2D eigenvalue weighted by Crippen LogP contribution is -2.24. The molecule has 0 fully saturated rings. The molecule has 21 heavy (non-hydrogen) atoms. The molecule has 0 radical (unpaired) electrons. The van der Waals surface area contributed by atoms with Gasteiger partial charge in [-0.05, 0) is 52.0 Å². The van der Waals surface area contributed by atoms with Crippen LogP contribution >= 0.6 is 0 Å². The van der Waals surface area contributed by atoms with E-state index in [-0.39, 0.29) is 5.41 Å². The van der Waals surface area contributed by atoms with Crippen LogP contribution in [0.25, 0.3) is 10.8 Å².